The molecular formula is C13H10BrN3O2. The van der Waals surface area contributed by atoms with Gasteiger partial charge in [-0.15, -0.1) is 0 Å². The number of carboxylic acids is 1. The third-order valence-electron chi connectivity index (χ3n) is 3.07. The van der Waals surface area contributed by atoms with E-state index in [1.807, 2.05) is 42.1 Å². The van der Waals surface area contributed by atoms with Crippen LogP contribution in [0.25, 0.3) is 22.2 Å². The van der Waals surface area contributed by atoms with Crippen molar-refractivity contribution in [3.63, 3.8) is 0 Å². The predicted molar refractivity (Wildman–Crippen MR) is 75.2 cm³/mol. The molecule has 96 valence electrons. The number of carboxylic acid groups (broad SMARTS) is 1. The first-order chi connectivity index (χ1) is 9.09. The highest BCUT2D eigenvalue weighted by molar-refractivity contribution is 9.10. The van der Waals surface area contributed by atoms with Gasteiger partial charge in [0.15, 0.2) is 5.69 Å². The molecule has 0 aliphatic rings. The molecule has 0 saturated heterocycles. The summed E-state index contributed by atoms with van der Waals surface area (Å²) in [4.78, 5) is 11.0. The number of carbonyl (C=O) groups is 1. The van der Waals surface area contributed by atoms with Crippen molar-refractivity contribution in [2.75, 3.05) is 0 Å². The molecule has 0 fully saturated rings. The Hall–Kier alpha value is -2.08. The van der Waals surface area contributed by atoms with Crippen LogP contribution in [-0.4, -0.2) is 25.8 Å². The smallest absolute Gasteiger partial charge is 0.355 e. The molecule has 0 aliphatic heterocycles. The number of aryl methyl sites for hydroxylation is 1. The van der Waals surface area contributed by atoms with Crippen LogP contribution in [0, 0.1) is 0 Å². The lowest BCUT2D eigenvalue weighted by Gasteiger charge is -1.95. The van der Waals surface area contributed by atoms with Crippen LogP contribution in [0.1, 0.15) is 10.5 Å². The van der Waals surface area contributed by atoms with Gasteiger partial charge in [0, 0.05) is 29.7 Å². The van der Waals surface area contributed by atoms with E-state index < -0.39 is 5.97 Å². The Kier molecular flexibility index (Phi) is 2.67. The first kappa shape index (κ1) is 12.0. The second-order valence-electron chi connectivity index (χ2n) is 4.24. The first-order valence-electron chi connectivity index (χ1n) is 5.61. The summed E-state index contributed by atoms with van der Waals surface area (Å²) in [5.41, 5.74) is 2.63. The van der Waals surface area contributed by atoms with Crippen LogP contribution < -0.4 is 0 Å². The topological polar surface area (TPSA) is 70.9 Å². The minimum absolute atomic E-state index is 0.0583. The van der Waals surface area contributed by atoms with Crippen molar-refractivity contribution in [1.29, 1.82) is 0 Å². The van der Waals surface area contributed by atoms with Crippen molar-refractivity contribution in [1.82, 2.24) is 14.8 Å². The summed E-state index contributed by atoms with van der Waals surface area (Å²) >= 11 is 3.30. The first-order valence-corrected chi connectivity index (χ1v) is 6.40. The average molecular weight is 320 g/mol. The van der Waals surface area contributed by atoms with E-state index in [4.69, 9.17) is 5.11 Å². The number of para-hydroxylation sites is 1. The van der Waals surface area contributed by atoms with Gasteiger partial charge in [-0.3, -0.25) is 5.10 Å². The fourth-order valence-electron chi connectivity index (χ4n) is 2.18. The molecule has 3 aromatic rings. The summed E-state index contributed by atoms with van der Waals surface area (Å²) < 4.78 is 2.46. The van der Waals surface area contributed by atoms with Crippen LogP contribution >= 0.6 is 15.9 Å². The lowest BCUT2D eigenvalue weighted by atomic mass is 10.1. The molecule has 1 aromatic carbocycles. The van der Waals surface area contributed by atoms with Gasteiger partial charge in [0.2, 0.25) is 0 Å². The molecule has 0 aliphatic carbocycles. The van der Waals surface area contributed by atoms with E-state index >= 15 is 0 Å². The van der Waals surface area contributed by atoms with Crippen LogP contribution in [0.5, 0.6) is 0 Å². The van der Waals surface area contributed by atoms with Crippen molar-refractivity contribution >= 4 is 32.8 Å². The predicted octanol–water partition coefficient (Wildman–Crippen LogP) is 3.03. The van der Waals surface area contributed by atoms with E-state index in [9.17, 15) is 4.79 Å². The molecular weight excluding hydrogens is 310 g/mol. The third kappa shape index (κ3) is 1.76. The summed E-state index contributed by atoms with van der Waals surface area (Å²) in [5.74, 6) is -1.04. The Morgan fingerprint density at radius 3 is 2.84 bits per heavy atom. The number of halogens is 1. The highest BCUT2D eigenvalue weighted by Crippen LogP contribution is 2.34. The number of nitrogens with zero attached hydrogens (tertiary/aromatic N) is 2. The van der Waals surface area contributed by atoms with Crippen molar-refractivity contribution in [3.8, 4) is 11.3 Å². The van der Waals surface area contributed by atoms with Gasteiger partial charge in [-0.05, 0) is 22.0 Å². The van der Waals surface area contributed by atoms with Crippen molar-refractivity contribution in [2.45, 2.75) is 0 Å². The fraction of sp³-hybridized carbons (Fsp3) is 0.0769. The SMILES string of the molecule is Cn1cc(-c2n[nH]c(C(=O)O)c2Br)c2ccccc21. The van der Waals surface area contributed by atoms with Gasteiger partial charge in [0.1, 0.15) is 5.69 Å². The van der Waals surface area contributed by atoms with Gasteiger partial charge < -0.3 is 9.67 Å². The lowest BCUT2D eigenvalue weighted by molar-refractivity contribution is 0.0689. The van der Waals surface area contributed by atoms with Crippen molar-refractivity contribution in [3.05, 3.63) is 40.6 Å². The highest BCUT2D eigenvalue weighted by atomic mass is 79.9. The number of rotatable bonds is 2. The number of hydrogen-bond donors (Lipinski definition) is 2. The lowest BCUT2D eigenvalue weighted by Crippen LogP contribution is -1.96. The molecule has 0 bridgehead atoms. The number of benzene rings is 1. The molecule has 2 heterocycles. The van der Waals surface area contributed by atoms with Crippen LogP contribution in [0.3, 0.4) is 0 Å². The zero-order valence-corrected chi connectivity index (χ0v) is 11.6. The molecule has 5 nitrogen and oxygen atoms in total. The summed E-state index contributed by atoms with van der Waals surface area (Å²) in [6, 6.07) is 7.92. The van der Waals surface area contributed by atoms with E-state index in [1.165, 1.54) is 0 Å². The number of aromatic amines is 1. The maximum atomic E-state index is 11.0. The normalized spacial score (nSPS) is 11.1. The van der Waals surface area contributed by atoms with E-state index in [0.29, 0.717) is 10.2 Å². The Morgan fingerprint density at radius 2 is 2.16 bits per heavy atom. The van der Waals surface area contributed by atoms with E-state index in [-0.39, 0.29) is 5.69 Å². The van der Waals surface area contributed by atoms with Crippen molar-refractivity contribution < 1.29 is 9.90 Å². The molecule has 0 spiro atoms. The van der Waals surface area contributed by atoms with Gasteiger partial charge in [-0.1, -0.05) is 18.2 Å². The Labute approximate surface area is 117 Å². The molecule has 0 unspecified atom stereocenters. The molecule has 0 radical (unpaired) electrons. The van der Waals surface area contributed by atoms with Gasteiger partial charge >= 0.3 is 5.97 Å². The second kappa shape index (κ2) is 4.24. The van der Waals surface area contributed by atoms with Crippen LogP contribution in [-0.2, 0) is 7.05 Å². The van der Waals surface area contributed by atoms with Crippen LogP contribution in [0.4, 0.5) is 0 Å². The summed E-state index contributed by atoms with van der Waals surface area (Å²) in [7, 11) is 1.95. The van der Waals surface area contributed by atoms with E-state index in [2.05, 4.69) is 26.1 Å². The molecule has 19 heavy (non-hydrogen) atoms. The molecule has 3 rings (SSSR count). The van der Waals surface area contributed by atoms with Crippen molar-refractivity contribution in [2.24, 2.45) is 7.05 Å². The molecule has 0 amide bonds. The maximum Gasteiger partial charge on any atom is 0.355 e. The fourth-order valence-corrected chi connectivity index (χ4v) is 2.74. The Bertz CT molecular complexity index is 788. The number of fused-ring (bicyclic) bond motifs is 1. The summed E-state index contributed by atoms with van der Waals surface area (Å²) in [6.45, 7) is 0. The monoisotopic (exact) mass is 319 g/mol. The van der Waals surface area contributed by atoms with Gasteiger partial charge in [-0.25, -0.2) is 4.79 Å². The molecule has 2 aromatic heterocycles. The Morgan fingerprint density at radius 1 is 1.42 bits per heavy atom. The zero-order chi connectivity index (χ0) is 13.6. The molecule has 6 heteroatoms. The number of H-pyrrole nitrogens is 1. The van der Waals surface area contributed by atoms with E-state index in [1.54, 1.807) is 0 Å². The Balaban J connectivity index is 2.28. The second-order valence-corrected chi connectivity index (χ2v) is 5.03. The maximum absolute atomic E-state index is 11.0. The minimum Gasteiger partial charge on any atom is -0.476 e. The van der Waals surface area contributed by atoms with Crippen LogP contribution in [0.2, 0.25) is 0 Å². The number of nitrogens with one attached hydrogen (secondary N) is 1. The van der Waals surface area contributed by atoms with Gasteiger partial charge in [0.05, 0.1) is 4.47 Å². The average Bonchev–Trinajstić information content (AvgIpc) is 2.91. The standard InChI is InChI=1S/C13H10BrN3O2/c1-17-6-8(7-4-2-3-5-9(7)17)11-10(14)12(13(18)19)16-15-11/h2-6H,1H3,(H,15,16)(H,18,19). The van der Waals surface area contributed by atoms with Gasteiger partial charge in [-0.2, -0.15) is 5.10 Å². The largest absolute Gasteiger partial charge is 0.476 e. The number of hydrogen-bond acceptors (Lipinski definition) is 2. The number of aromatic nitrogens is 3. The minimum atomic E-state index is -1.04. The summed E-state index contributed by atoms with van der Waals surface area (Å²) in [5, 5.41) is 16.7. The molecule has 2 N–H and O–H groups in total. The van der Waals surface area contributed by atoms with E-state index in [0.717, 1.165) is 16.5 Å². The zero-order valence-electron chi connectivity index (χ0n) is 10.0. The van der Waals surface area contributed by atoms with Gasteiger partial charge in [0.25, 0.3) is 0 Å². The number of aromatic carboxylic acids is 1. The molecule has 0 atom stereocenters. The summed E-state index contributed by atoms with van der Waals surface area (Å²) in [6.07, 6.45) is 1.94. The highest BCUT2D eigenvalue weighted by Gasteiger charge is 2.20. The quantitative estimate of drug-likeness (QED) is 0.762. The van der Waals surface area contributed by atoms with Crippen LogP contribution in [0.15, 0.2) is 34.9 Å². The third-order valence-corrected chi connectivity index (χ3v) is 3.84. The molecule has 0 saturated carbocycles.